The minimum atomic E-state index is -0.274. The SMILES string of the molecule is COc1ccccc1C1CNCCN1C(=O)C1CCCCO1. The smallest absolute Gasteiger partial charge is 0.252 e. The average Bonchev–Trinajstić information content (AvgIpc) is 2.62. The highest BCUT2D eigenvalue weighted by atomic mass is 16.5. The first-order valence-corrected chi connectivity index (χ1v) is 8.07. The summed E-state index contributed by atoms with van der Waals surface area (Å²) < 4.78 is 11.2. The van der Waals surface area contributed by atoms with Gasteiger partial charge in [-0.15, -0.1) is 0 Å². The zero-order valence-corrected chi connectivity index (χ0v) is 13.1. The molecule has 1 amide bonds. The summed E-state index contributed by atoms with van der Waals surface area (Å²) in [7, 11) is 1.67. The molecule has 0 bridgehead atoms. The lowest BCUT2D eigenvalue weighted by Crippen LogP contribution is -2.52. The van der Waals surface area contributed by atoms with Crippen molar-refractivity contribution in [2.75, 3.05) is 33.4 Å². The van der Waals surface area contributed by atoms with Crippen molar-refractivity contribution in [1.29, 1.82) is 0 Å². The van der Waals surface area contributed by atoms with Gasteiger partial charge < -0.3 is 19.7 Å². The number of ether oxygens (including phenoxy) is 2. The van der Waals surface area contributed by atoms with Crippen LogP contribution >= 0.6 is 0 Å². The minimum absolute atomic E-state index is 0.00271. The van der Waals surface area contributed by atoms with Gasteiger partial charge in [0.2, 0.25) is 0 Å². The lowest BCUT2D eigenvalue weighted by atomic mass is 10.00. The Labute approximate surface area is 131 Å². The number of methoxy groups -OCH3 is 1. The van der Waals surface area contributed by atoms with Gasteiger partial charge in [-0.05, 0) is 25.3 Å². The van der Waals surface area contributed by atoms with E-state index in [1.165, 1.54) is 0 Å². The van der Waals surface area contributed by atoms with Crippen LogP contribution in [0, 0.1) is 0 Å². The molecule has 0 saturated carbocycles. The average molecular weight is 304 g/mol. The molecule has 2 aliphatic rings. The van der Waals surface area contributed by atoms with Crippen molar-refractivity contribution in [1.82, 2.24) is 10.2 Å². The van der Waals surface area contributed by atoms with Gasteiger partial charge in [0, 0.05) is 31.8 Å². The predicted octanol–water partition coefficient (Wildman–Crippen LogP) is 1.74. The molecule has 2 heterocycles. The number of benzene rings is 1. The molecule has 2 unspecified atom stereocenters. The molecule has 2 saturated heterocycles. The normalized spacial score (nSPS) is 25.8. The second kappa shape index (κ2) is 7.11. The Morgan fingerprint density at radius 2 is 2.23 bits per heavy atom. The number of nitrogens with zero attached hydrogens (tertiary/aromatic N) is 1. The van der Waals surface area contributed by atoms with E-state index >= 15 is 0 Å². The Morgan fingerprint density at radius 1 is 1.36 bits per heavy atom. The van der Waals surface area contributed by atoms with Crippen molar-refractivity contribution in [3.63, 3.8) is 0 Å². The third-order valence-electron chi connectivity index (χ3n) is 4.48. The van der Waals surface area contributed by atoms with E-state index in [1.54, 1.807) is 7.11 Å². The number of amides is 1. The molecule has 5 nitrogen and oxygen atoms in total. The van der Waals surface area contributed by atoms with Crippen LogP contribution < -0.4 is 10.1 Å². The van der Waals surface area contributed by atoms with Gasteiger partial charge in [-0.1, -0.05) is 18.2 Å². The van der Waals surface area contributed by atoms with Gasteiger partial charge in [-0.3, -0.25) is 4.79 Å². The van der Waals surface area contributed by atoms with Crippen molar-refractivity contribution in [3.05, 3.63) is 29.8 Å². The second-order valence-electron chi connectivity index (χ2n) is 5.85. The van der Waals surface area contributed by atoms with E-state index in [9.17, 15) is 4.79 Å². The standard InChI is InChI=1S/C17H24N2O3/c1-21-15-7-3-2-6-13(15)14-12-18-9-10-19(14)17(20)16-8-4-5-11-22-16/h2-3,6-7,14,16,18H,4-5,8-12H2,1H3. The quantitative estimate of drug-likeness (QED) is 0.924. The van der Waals surface area contributed by atoms with Crippen LogP contribution in [-0.4, -0.2) is 50.3 Å². The molecular formula is C17H24N2O3. The molecule has 2 aliphatic heterocycles. The summed E-state index contributed by atoms with van der Waals surface area (Å²) in [6.45, 7) is 2.98. The minimum Gasteiger partial charge on any atom is -0.496 e. The van der Waals surface area contributed by atoms with E-state index in [-0.39, 0.29) is 18.1 Å². The molecule has 0 radical (unpaired) electrons. The molecule has 120 valence electrons. The first-order valence-electron chi connectivity index (χ1n) is 8.07. The number of nitrogens with one attached hydrogen (secondary N) is 1. The van der Waals surface area contributed by atoms with Crippen LogP contribution in [0.3, 0.4) is 0 Å². The number of hydrogen-bond acceptors (Lipinski definition) is 4. The first kappa shape index (κ1) is 15.3. The van der Waals surface area contributed by atoms with Gasteiger partial charge in [0.25, 0.3) is 5.91 Å². The molecule has 22 heavy (non-hydrogen) atoms. The van der Waals surface area contributed by atoms with Crippen molar-refractivity contribution in [2.24, 2.45) is 0 Å². The van der Waals surface area contributed by atoms with Gasteiger partial charge in [-0.2, -0.15) is 0 Å². The lowest BCUT2D eigenvalue weighted by molar-refractivity contribution is -0.150. The number of piperazine rings is 1. The van der Waals surface area contributed by atoms with E-state index in [1.807, 2.05) is 29.2 Å². The lowest BCUT2D eigenvalue weighted by Gasteiger charge is -2.39. The number of para-hydroxylation sites is 1. The van der Waals surface area contributed by atoms with Gasteiger partial charge in [0.1, 0.15) is 11.9 Å². The predicted molar refractivity (Wildman–Crippen MR) is 83.9 cm³/mol. The fourth-order valence-corrected chi connectivity index (χ4v) is 3.31. The maximum absolute atomic E-state index is 12.9. The number of carbonyl (C=O) groups excluding carboxylic acids is 1. The van der Waals surface area contributed by atoms with Gasteiger partial charge in [0.05, 0.1) is 13.2 Å². The highest BCUT2D eigenvalue weighted by Crippen LogP contribution is 2.31. The molecule has 1 N–H and O–H groups in total. The van der Waals surface area contributed by atoms with E-state index in [0.717, 1.165) is 43.7 Å². The summed E-state index contributed by atoms with van der Waals surface area (Å²) in [5.74, 6) is 0.954. The molecule has 2 atom stereocenters. The maximum atomic E-state index is 12.9. The molecule has 0 aliphatic carbocycles. The molecule has 0 spiro atoms. The van der Waals surface area contributed by atoms with Crippen LogP contribution in [-0.2, 0) is 9.53 Å². The highest BCUT2D eigenvalue weighted by molar-refractivity contribution is 5.81. The molecule has 3 rings (SSSR count). The van der Waals surface area contributed by atoms with Crippen LogP contribution in [0.25, 0.3) is 0 Å². The van der Waals surface area contributed by atoms with Crippen LogP contribution in [0.2, 0.25) is 0 Å². The Bertz CT molecular complexity index is 514. The molecule has 0 aromatic heterocycles. The third kappa shape index (κ3) is 3.10. The number of carbonyl (C=O) groups is 1. The Balaban J connectivity index is 1.83. The monoisotopic (exact) mass is 304 g/mol. The van der Waals surface area contributed by atoms with E-state index in [0.29, 0.717) is 13.2 Å². The van der Waals surface area contributed by atoms with Crippen molar-refractivity contribution < 1.29 is 14.3 Å². The highest BCUT2D eigenvalue weighted by Gasteiger charge is 2.34. The van der Waals surface area contributed by atoms with Crippen LogP contribution in [0.1, 0.15) is 30.9 Å². The van der Waals surface area contributed by atoms with Crippen molar-refractivity contribution in [2.45, 2.75) is 31.4 Å². The van der Waals surface area contributed by atoms with Crippen molar-refractivity contribution >= 4 is 5.91 Å². The Kier molecular flexibility index (Phi) is 4.95. The summed E-state index contributed by atoms with van der Waals surface area (Å²) >= 11 is 0. The fourth-order valence-electron chi connectivity index (χ4n) is 3.31. The number of hydrogen-bond donors (Lipinski definition) is 1. The first-order chi connectivity index (χ1) is 10.8. The topological polar surface area (TPSA) is 50.8 Å². The summed E-state index contributed by atoms with van der Waals surface area (Å²) in [6.07, 6.45) is 2.69. The number of rotatable bonds is 3. The third-order valence-corrected chi connectivity index (χ3v) is 4.48. The molecule has 1 aromatic rings. The van der Waals surface area contributed by atoms with Gasteiger partial charge in [0.15, 0.2) is 0 Å². The molecular weight excluding hydrogens is 280 g/mol. The van der Waals surface area contributed by atoms with Crippen LogP contribution in [0.5, 0.6) is 5.75 Å². The zero-order chi connectivity index (χ0) is 15.4. The molecule has 1 aromatic carbocycles. The van der Waals surface area contributed by atoms with E-state index in [4.69, 9.17) is 9.47 Å². The largest absolute Gasteiger partial charge is 0.496 e. The van der Waals surface area contributed by atoms with Crippen LogP contribution in [0.4, 0.5) is 0 Å². The Hall–Kier alpha value is -1.59. The van der Waals surface area contributed by atoms with Gasteiger partial charge >= 0.3 is 0 Å². The summed E-state index contributed by atoms with van der Waals surface area (Å²) in [4.78, 5) is 14.8. The molecule has 5 heteroatoms. The van der Waals surface area contributed by atoms with E-state index in [2.05, 4.69) is 5.32 Å². The fraction of sp³-hybridized carbons (Fsp3) is 0.588. The Morgan fingerprint density at radius 3 is 3.00 bits per heavy atom. The second-order valence-corrected chi connectivity index (χ2v) is 5.85. The van der Waals surface area contributed by atoms with E-state index < -0.39 is 0 Å². The summed E-state index contributed by atoms with van der Waals surface area (Å²) in [5, 5.41) is 3.38. The summed E-state index contributed by atoms with van der Waals surface area (Å²) in [5.41, 5.74) is 1.06. The zero-order valence-electron chi connectivity index (χ0n) is 13.1. The van der Waals surface area contributed by atoms with Crippen LogP contribution in [0.15, 0.2) is 24.3 Å². The molecule has 2 fully saturated rings. The van der Waals surface area contributed by atoms with Gasteiger partial charge in [-0.25, -0.2) is 0 Å². The van der Waals surface area contributed by atoms with Crippen molar-refractivity contribution in [3.8, 4) is 5.75 Å². The summed E-state index contributed by atoms with van der Waals surface area (Å²) in [6, 6.07) is 7.94. The maximum Gasteiger partial charge on any atom is 0.252 e.